The highest BCUT2D eigenvalue weighted by Gasteiger charge is 2.13. The third-order valence-corrected chi connectivity index (χ3v) is 2.73. The molecule has 102 valence electrons. The Balaban J connectivity index is 2.30. The first kappa shape index (κ1) is 14.7. The van der Waals surface area contributed by atoms with Crippen molar-refractivity contribution in [1.29, 1.82) is 0 Å². The molecule has 5 nitrogen and oxygen atoms in total. The van der Waals surface area contributed by atoms with Crippen LogP contribution >= 0.6 is 0 Å². The van der Waals surface area contributed by atoms with Crippen LogP contribution in [0.3, 0.4) is 0 Å². The highest BCUT2D eigenvalue weighted by molar-refractivity contribution is 5.77. The average molecular weight is 254 g/mol. The van der Waals surface area contributed by atoms with Crippen molar-refractivity contribution in [2.24, 2.45) is 0 Å². The van der Waals surface area contributed by atoms with Crippen LogP contribution in [0.1, 0.15) is 19.1 Å². The Kier molecular flexibility index (Phi) is 5.88. The van der Waals surface area contributed by atoms with Crippen LogP contribution in [0.15, 0.2) is 22.8 Å². The number of furan rings is 1. The summed E-state index contributed by atoms with van der Waals surface area (Å²) in [7, 11) is 3.63. The normalized spacial score (nSPS) is 12.7. The van der Waals surface area contributed by atoms with Gasteiger partial charge in [0.2, 0.25) is 5.91 Å². The quantitative estimate of drug-likeness (QED) is 0.787. The standard InChI is InChI=1S/C13H22N2O3/c1-11(16)6-7-14(2)10-13(17)15(3)9-12-5-4-8-18-12/h4-5,8,11,16H,6-7,9-10H2,1-3H3. The molecule has 0 fully saturated rings. The number of likely N-dealkylation sites (N-methyl/N-ethyl adjacent to an activating group) is 2. The molecule has 0 saturated heterocycles. The smallest absolute Gasteiger partial charge is 0.236 e. The van der Waals surface area contributed by atoms with E-state index >= 15 is 0 Å². The van der Waals surface area contributed by atoms with E-state index in [1.54, 1.807) is 25.1 Å². The van der Waals surface area contributed by atoms with E-state index < -0.39 is 0 Å². The van der Waals surface area contributed by atoms with Gasteiger partial charge in [-0.3, -0.25) is 9.69 Å². The molecular formula is C13H22N2O3. The van der Waals surface area contributed by atoms with E-state index in [4.69, 9.17) is 4.42 Å². The van der Waals surface area contributed by atoms with Gasteiger partial charge >= 0.3 is 0 Å². The summed E-state index contributed by atoms with van der Waals surface area (Å²) in [6, 6.07) is 3.66. The van der Waals surface area contributed by atoms with Gasteiger partial charge in [0.15, 0.2) is 0 Å². The molecule has 1 rings (SSSR count). The second-order valence-electron chi connectivity index (χ2n) is 4.70. The summed E-state index contributed by atoms with van der Waals surface area (Å²) < 4.78 is 5.20. The van der Waals surface area contributed by atoms with Crippen molar-refractivity contribution in [3.63, 3.8) is 0 Å². The molecule has 1 atom stereocenters. The molecule has 0 aliphatic carbocycles. The van der Waals surface area contributed by atoms with Gasteiger partial charge in [0.05, 0.1) is 25.5 Å². The highest BCUT2D eigenvalue weighted by atomic mass is 16.3. The van der Waals surface area contributed by atoms with E-state index in [-0.39, 0.29) is 12.0 Å². The zero-order chi connectivity index (χ0) is 13.5. The summed E-state index contributed by atoms with van der Waals surface area (Å²) in [6.07, 6.45) is 1.94. The van der Waals surface area contributed by atoms with Gasteiger partial charge in [0.1, 0.15) is 5.76 Å². The molecule has 0 aliphatic rings. The summed E-state index contributed by atoms with van der Waals surface area (Å²) in [4.78, 5) is 15.5. The van der Waals surface area contributed by atoms with Crippen LogP contribution in [0.25, 0.3) is 0 Å². The molecule has 0 saturated carbocycles. The van der Waals surface area contributed by atoms with Crippen LogP contribution in [0.4, 0.5) is 0 Å². The summed E-state index contributed by atoms with van der Waals surface area (Å²) in [5.74, 6) is 0.817. The lowest BCUT2D eigenvalue weighted by molar-refractivity contribution is -0.131. The number of aliphatic hydroxyl groups is 1. The fourth-order valence-corrected chi connectivity index (χ4v) is 1.56. The second-order valence-corrected chi connectivity index (χ2v) is 4.70. The Morgan fingerprint density at radius 1 is 1.50 bits per heavy atom. The van der Waals surface area contributed by atoms with Crippen molar-refractivity contribution in [3.05, 3.63) is 24.2 Å². The molecule has 0 aliphatic heterocycles. The third-order valence-electron chi connectivity index (χ3n) is 2.73. The van der Waals surface area contributed by atoms with Crippen LogP contribution in [-0.4, -0.2) is 54.1 Å². The molecule has 0 aromatic carbocycles. The molecule has 1 amide bonds. The largest absolute Gasteiger partial charge is 0.467 e. The first-order chi connectivity index (χ1) is 8.49. The predicted molar refractivity (Wildman–Crippen MR) is 69.0 cm³/mol. The van der Waals surface area contributed by atoms with Crippen molar-refractivity contribution in [1.82, 2.24) is 9.80 Å². The summed E-state index contributed by atoms with van der Waals surface area (Å²) >= 11 is 0. The number of hydrogen-bond donors (Lipinski definition) is 1. The molecule has 0 spiro atoms. The van der Waals surface area contributed by atoms with Crippen molar-refractivity contribution >= 4 is 5.91 Å². The van der Waals surface area contributed by atoms with Gasteiger partial charge < -0.3 is 14.4 Å². The summed E-state index contributed by atoms with van der Waals surface area (Å²) in [6.45, 7) is 3.29. The number of amides is 1. The topological polar surface area (TPSA) is 56.9 Å². The van der Waals surface area contributed by atoms with Crippen LogP contribution in [0.5, 0.6) is 0 Å². The van der Waals surface area contributed by atoms with Crippen molar-refractivity contribution in [3.8, 4) is 0 Å². The molecule has 1 aromatic heterocycles. The first-order valence-electron chi connectivity index (χ1n) is 6.12. The molecular weight excluding hydrogens is 232 g/mol. The molecule has 5 heteroatoms. The highest BCUT2D eigenvalue weighted by Crippen LogP contribution is 2.04. The molecule has 1 aromatic rings. The van der Waals surface area contributed by atoms with Crippen molar-refractivity contribution in [2.45, 2.75) is 26.0 Å². The van der Waals surface area contributed by atoms with E-state index in [0.717, 1.165) is 5.76 Å². The van der Waals surface area contributed by atoms with Crippen LogP contribution in [0, 0.1) is 0 Å². The van der Waals surface area contributed by atoms with Gasteiger partial charge in [-0.05, 0) is 32.5 Å². The van der Waals surface area contributed by atoms with E-state index in [1.807, 2.05) is 24.1 Å². The maximum Gasteiger partial charge on any atom is 0.236 e. The van der Waals surface area contributed by atoms with Crippen molar-refractivity contribution in [2.75, 3.05) is 27.2 Å². The molecule has 18 heavy (non-hydrogen) atoms. The number of nitrogens with zero attached hydrogens (tertiary/aromatic N) is 2. The number of carbonyl (C=O) groups is 1. The van der Waals surface area contributed by atoms with Gasteiger partial charge in [-0.1, -0.05) is 0 Å². The van der Waals surface area contributed by atoms with E-state index in [1.165, 1.54) is 0 Å². The Bertz CT molecular complexity index is 349. The molecule has 1 heterocycles. The van der Waals surface area contributed by atoms with Crippen LogP contribution in [-0.2, 0) is 11.3 Å². The second kappa shape index (κ2) is 7.18. The Morgan fingerprint density at radius 3 is 2.78 bits per heavy atom. The Morgan fingerprint density at radius 2 is 2.22 bits per heavy atom. The van der Waals surface area contributed by atoms with Gasteiger partial charge in [0.25, 0.3) is 0 Å². The zero-order valence-corrected chi connectivity index (χ0v) is 11.3. The number of hydrogen-bond acceptors (Lipinski definition) is 4. The maximum atomic E-state index is 11.9. The lowest BCUT2D eigenvalue weighted by Gasteiger charge is -2.21. The fourth-order valence-electron chi connectivity index (χ4n) is 1.56. The minimum absolute atomic E-state index is 0.0412. The lowest BCUT2D eigenvalue weighted by Crippen LogP contribution is -2.37. The minimum atomic E-state index is -0.330. The van der Waals surface area contributed by atoms with E-state index in [0.29, 0.717) is 26.1 Å². The number of aliphatic hydroxyl groups excluding tert-OH is 1. The van der Waals surface area contributed by atoms with Gasteiger partial charge in [-0.25, -0.2) is 0 Å². The number of carbonyl (C=O) groups excluding carboxylic acids is 1. The first-order valence-corrected chi connectivity index (χ1v) is 6.12. The lowest BCUT2D eigenvalue weighted by atomic mass is 10.3. The predicted octanol–water partition coefficient (Wildman–Crippen LogP) is 0.941. The molecule has 1 N–H and O–H groups in total. The Labute approximate surface area is 108 Å². The summed E-state index contributed by atoms with van der Waals surface area (Å²) in [5.41, 5.74) is 0. The van der Waals surface area contributed by atoms with Crippen LogP contribution < -0.4 is 0 Å². The Hall–Kier alpha value is -1.33. The maximum absolute atomic E-state index is 11.9. The monoisotopic (exact) mass is 254 g/mol. The van der Waals surface area contributed by atoms with Crippen LogP contribution in [0.2, 0.25) is 0 Å². The van der Waals surface area contributed by atoms with Gasteiger partial charge in [0, 0.05) is 13.6 Å². The SMILES string of the molecule is CC(O)CCN(C)CC(=O)N(C)Cc1ccco1. The zero-order valence-electron chi connectivity index (χ0n) is 11.3. The van der Waals surface area contributed by atoms with Gasteiger partial charge in [-0.15, -0.1) is 0 Å². The van der Waals surface area contributed by atoms with E-state index in [2.05, 4.69) is 0 Å². The molecule has 0 radical (unpaired) electrons. The third kappa shape index (κ3) is 5.33. The molecule has 1 unspecified atom stereocenters. The minimum Gasteiger partial charge on any atom is -0.467 e. The fraction of sp³-hybridized carbons (Fsp3) is 0.615. The number of rotatable bonds is 7. The molecule has 0 bridgehead atoms. The van der Waals surface area contributed by atoms with E-state index in [9.17, 15) is 9.90 Å². The summed E-state index contributed by atoms with van der Waals surface area (Å²) in [5, 5.41) is 9.18. The van der Waals surface area contributed by atoms with Gasteiger partial charge in [-0.2, -0.15) is 0 Å². The van der Waals surface area contributed by atoms with Crippen molar-refractivity contribution < 1.29 is 14.3 Å². The average Bonchev–Trinajstić information content (AvgIpc) is 2.79.